The van der Waals surface area contributed by atoms with E-state index in [1.165, 1.54) is 36.2 Å². The van der Waals surface area contributed by atoms with Crippen molar-refractivity contribution in [2.45, 2.75) is 19.5 Å². The first kappa shape index (κ1) is 17.6. The van der Waals surface area contributed by atoms with Crippen LogP contribution in [0.2, 0.25) is 0 Å². The Labute approximate surface area is 137 Å². The minimum Gasteiger partial charge on any atom is -0.435 e. The van der Waals surface area contributed by atoms with Crippen LogP contribution in [0.15, 0.2) is 24.3 Å². The number of ether oxygens (including phenoxy) is 1. The Bertz CT molecular complexity index is 622. The Kier molecular flexibility index (Phi) is 5.67. The molecule has 1 aromatic carbocycles. The Balaban J connectivity index is 1.75. The van der Waals surface area contributed by atoms with Gasteiger partial charge in [-0.05, 0) is 30.7 Å². The van der Waals surface area contributed by atoms with Crippen LogP contribution in [0.25, 0.3) is 0 Å². The average Bonchev–Trinajstić information content (AvgIpc) is 2.75. The lowest BCUT2D eigenvalue weighted by atomic mass is 10.2. The van der Waals surface area contributed by atoms with Crippen molar-refractivity contribution in [2.75, 3.05) is 25.5 Å². The van der Waals surface area contributed by atoms with Gasteiger partial charge in [0, 0.05) is 25.7 Å². The molecule has 0 radical (unpaired) electrons. The molecule has 1 aromatic rings. The second kappa shape index (κ2) is 7.71. The predicted octanol–water partition coefficient (Wildman–Crippen LogP) is 1.90. The Morgan fingerprint density at radius 2 is 1.96 bits per heavy atom. The number of carbonyl (C=O) groups is 3. The Hall–Kier alpha value is -2.71. The molecule has 24 heavy (non-hydrogen) atoms. The van der Waals surface area contributed by atoms with E-state index in [1.807, 2.05) is 0 Å². The highest BCUT2D eigenvalue weighted by Crippen LogP contribution is 2.18. The summed E-state index contributed by atoms with van der Waals surface area (Å²) in [6, 6.07) is 5.16. The van der Waals surface area contributed by atoms with E-state index in [1.54, 1.807) is 0 Å². The molecule has 2 rings (SSSR count). The first-order chi connectivity index (χ1) is 11.4. The van der Waals surface area contributed by atoms with Crippen LogP contribution in [-0.2, 0) is 9.59 Å². The van der Waals surface area contributed by atoms with E-state index in [0.717, 1.165) is 4.90 Å². The van der Waals surface area contributed by atoms with Crippen molar-refractivity contribution in [2.24, 2.45) is 0 Å². The largest absolute Gasteiger partial charge is 0.435 e. The summed E-state index contributed by atoms with van der Waals surface area (Å²) in [4.78, 5) is 37.5. The summed E-state index contributed by atoms with van der Waals surface area (Å²) in [6.45, 7) is -2.67. The number of likely N-dealkylation sites (N-methyl/N-ethyl adjacent to an activating group) is 1. The maximum Gasteiger partial charge on any atom is 0.387 e. The van der Waals surface area contributed by atoms with Crippen molar-refractivity contribution >= 4 is 23.5 Å². The van der Waals surface area contributed by atoms with Gasteiger partial charge in [-0.15, -0.1) is 0 Å². The van der Waals surface area contributed by atoms with Gasteiger partial charge in [0.25, 0.3) is 0 Å². The molecule has 7 nitrogen and oxygen atoms in total. The topological polar surface area (TPSA) is 79.0 Å². The van der Waals surface area contributed by atoms with Gasteiger partial charge in [-0.2, -0.15) is 8.78 Å². The van der Waals surface area contributed by atoms with Crippen LogP contribution in [0.4, 0.5) is 19.3 Å². The summed E-state index contributed by atoms with van der Waals surface area (Å²) in [7, 11) is 1.54. The highest BCUT2D eigenvalue weighted by atomic mass is 19.3. The van der Waals surface area contributed by atoms with Crippen LogP contribution in [0.3, 0.4) is 0 Å². The average molecular weight is 341 g/mol. The summed E-state index contributed by atoms with van der Waals surface area (Å²) in [5.41, 5.74) is 0.440. The first-order valence-electron chi connectivity index (χ1n) is 7.27. The number of benzene rings is 1. The standard InChI is InChI=1S/C15H17F2N3O4/c1-19-9-13(22)20(15(19)23)8-2-3-12(21)18-10-4-6-11(7-5-10)24-14(16)17/h4-7,14H,2-3,8-9H2,1H3,(H,18,21). The number of imide groups is 1. The molecule has 0 bridgehead atoms. The normalized spacial score (nSPS) is 14.5. The third kappa shape index (κ3) is 4.64. The summed E-state index contributed by atoms with van der Waals surface area (Å²) in [5, 5.41) is 2.60. The van der Waals surface area contributed by atoms with Crippen molar-refractivity contribution < 1.29 is 27.9 Å². The fourth-order valence-electron chi connectivity index (χ4n) is 2.23. The first-order valence-corrected chi connectivity index (χ1v) is 7.27. The molecule has 1 aliphatic rings. The minimum atomic E-state index is -2.90. The number of hydrogen-bond donors (Lipinski definition) is 1. The SMILES string of the molecule is CN1CC(=O)N(CCCC(=O)Nc2ccc(OC(F)F)cc2)C1=O. The monoisotopic (exact) mass is 341 g/mol. The smallest absolute Gasteiger partial charge is 0.387 e. The third-order valence-electron chi connectivity index (χ3n) is 3.38. The molecule has 1 heterocycles. The molecule has 130 valence electrons. The van der Waals surface area contributed by atoms with Gasteiger partial charge in [-0.1, -0.05) is 0 Å². The number of alkyl halides is 2. The molecular formula is C15H17F2N3O4. The van der Waals surface area contributed by atoms with Crippen LogP contribution < -0.4 is 10.1 Å². The van der Waals surface area contributed by atoms with Gasteiger partial charge in [0.2, 0.25) is 11.8 Å². The molecule has 0 unspecified atom stereocenters. The van der Waals surface area contributed by atoms with Crippen molar-refractivity contribution in [1.82, 2.24) is 9.80 Å². The highest BCUT2D eigenvalue weighted by molar-refractivity contribution is 6.01. The number of nitrogens with zero attached hydrogens (tertiary/aromatic N) is 2. The zero-order valence-electron chi connectivity index (χ0n) is 13.0. The number of rotatable bonds is 7. The number of halogens is 2. The van der Waals surface area contributed by atoms with E-state index >= 15 is 0 Å². The number of anilines is 1. The molecule has 1 fully saturated rings. The molecule has 1 aliphatic heterocycles. The van der Waals surface area contributed by atoms with Crippen molar-refractivity contribution in [3.63, 3.8) is 0 Å². The maximum atomic E-state index is 12.0. The zero-order chi connectivity index (χ0) is 17.7. The van der Waals surface area contributed by atoms with E-state index in [4.69, 9.17) is 0 Å². The van der Waals surface area contributed by atoms with E-state index in [2.05, 4.69) is 10.1 Å². The van der Waals surface area contributed by atoms with Crippen LogP contribution >= 0.6 is 0 Å². The number of urea groups is 1. The van der Waals surface area contributed by atoms with Gasteiger partial charge in [-0.25, -0.2) is 4.79 Å². The van der Waals surface area contributed by atoms with Crippen LogP contribution in [0.1, 0.15) is 12.8 Å². The fourth-order valence-corrected chi connectivity index (χ4v) is 2.23. The summed E-state index contributed by atoms with van der Waals surface area (Å²) < 4.78 is 28.3. The molecule has 0 aliphatic carbocycles. The highest BCUT2D eigenvalue weighted by Gasteiger charge is 2.32. The number of carbonyl (C=O) groups excluding carboxylic acids is 3. The second-order valence-electron chi connectivity index (χ2n) is 5.24. The second-order valence-corrected chi connectivity index (χ2v) is 5.24. The van der Waals surface area contributed by atoms with E-state index in [-0.39, 0.29) is 43.1 Å². The van der Waals surface area contributed by atoms with E-state index in [0.29, 0.717) is 12.1 Å². The zero-order valence-corrected chi connectivity index (χ0v) is 13.0. The molecule has 0 saturated carbocycles. The predicted molar refractivity (Wildman–Crippen MR) is 80.7 cm³/mol. The minimum absolute atomic E-state index is 0.00169. The lowest BCUT2D eigenvalue weighted by molar-refractivity contribution is -0.125. The lowest BCUT2D eigenvalue weighted by Gasteiger charge is -2.13. The Morgan fingerprint density at radius 1 is 1.29 bits per heavy atom. The number of nitrogens with one attached hydrogen (secondary N) is 1. The molecule has 9 heteroatoms. The third-order valence-corrected chi connectivity index (χ3v) is 3.38. The lowest BCUT2D eigenvalue weighted by Crippen LogP contribution is -2.32. The molecule has 0 spiro atoms. The molecule has 4 amide bonds. The van der Waals surface area contributed by atoms with Crippen molar-refractivity contribution in [3.05, 3.63) is 24.3 Å². The summed E-state index contributed by atoms with van der Waals surface area (Å²) in [6.07, 6.45) is 0.458. The van der Waals surface area contributed by atoms with Gasteiger partial charge in [0.05, 0.1) is 0 Å². The van der Waals surface area contributed by atoms with E-state index < -0.39 is 6.61 Å². The van der Waals surface area contributed by atoms with Gasteiger partial charge < -0.3 is 15.0 Å². The quantitative estimate of drug-likeness (QED) is 0.768. The number of amides is 4. The fraction of sp³-hybridized carbons (Fsp3) is 0.400. The molecule has 0 atom stereocenters. The molecule has 1 N–H and O–H groups in total. The van der Waals surface area contributed by atoms with Gasteiger partial charge in [0.1, 0.15) is 12.3 Å². The van der Waals surface area contributed by atoms with Crippen LogP contribution in [-0.4, -0.2) is 54.4 Å². The molecule has 1 saturated heterocycles. The number of hydrogen-bond acceptors (Lipinski definition) is 4. The van der Waals surface area contributed by atoms with Crippen molar-refractivity contribution in [3.8, 4) is 5.75 Å². The Morgan fingerprint density at radius 3 is 2.50 bits per heavy atom. The van der Waals surface area contributed by atoms with Gasteiger partial charge >= 0.3 is 12.6 Å². The van der Waals surface area contributed by atoms with Gasteiger partial charge in [-0.3, -0.25) is 14.5 Å². The summed E-state index contributed by atoms with van der Waals surface area (Å²) >= 11 is 0. The maximum absolute atomic E-state index is 12.0. The molecular weight excluding hydrogens is 324 g/mol. The molecule has 0 aromatic heterocycles. The van der Waals surface area contributed by atoms with Crippen LogP contribution in [0.5, 0.6) is 5.75 Å². The van der Waals surface area contributed by atoms with Crippen LogP contribution in [0, 0.1) is 0 Å². The summed E-state index contributed by atoms with van der Waals surface area (Å²) in [5.74, 6) is -0.583. The van der Waals surface area contributed by atoms with Crippen molar-refractivity contribution in [1.29, 1.82) is 0 Å². The van der Waals surface area contributed by atoms with Gasteiger partial charge in [0.15, 0.2) is 0 Å². The van der Waals surface area contributed by atoms with E-state index in [9.17, 15) is 23.2 Å².